The van der Waals surface area contributed by atoms with Gasteiger partial charge in [-0.2, -0.15) is 9.41 Å². The Morgan fingerprint density at radius 3 is 2.70 bits per heavy atom. The van der Waals surface area contributed by atoms with Crippen LogP contribution in [0.4, 0.5) is 0 Å². The van der Waals surface area contributed by atoms with E-state index in [9.17, 15) is 13.2 Å². The summed E-state index contributed by atoms with van der Waals surface area (Å²) in [5.41, 5.74) is 5.98. The van der Waals surface area contributed by atoms with Gasteiger partial charge >= 0.3 is 0 Å². The molecule has 0 bridgehead atoms. The van der Waals surface area contributed by atoms with Gasteiger partial charge < -0.3 is 9.30 Å². The fourth-order valence-corrected chi connectivity index (χ4v) is 5.97. The first-order valence-electron chi connectivity index (χ1n) is 10.6. The van der Waals surface area contributed by atoms with Gasteiger partial charge in [-0.25, -0.2) is 13.8 Å². The molecule has 1 amide bonds. The first-order valence-corrected chi connectivity index (χ1v) is 12.9. The number of carbonyl (C=O) groups excluding carboxylic acids is 1. The maximum atomic E-state index is 13.1. The molecular formula is C23H26N4O4S2. The van der Waals surface area contributed by atoms with Gasteiger partial charge in [-0.15, -0.1) is 11.3 Å². The van der Waals surface area contributed by atoms with Gasteiger partial charge in [0.05, 0.1) is 30.7 Å². The SMILES string of the molecule is Cc1cc(/C=N/NC(=O)Cc2cccs2)c(C)n1-c1cccc(S(=O)(=O)N2CCOCC2)c1. The van der Waals surface area contributed by atoms with Crippen molar-refractivity contribution in [1.29, 1.82) is 0 Å². The highest BCUT2D eigenvalue weighted by Gasteiger charge is 2.26. The molecule has 10 heteroatoms. The number of nitrogens with one attached hydrogen (secondary N) is 1. The minimum absolute atomic E-state index is 0.177. The number of aryl methyl sites for hydroxylation is 1. The summed E-state index contributed by atoms with van der Waals surface area (Å²) in [5.74, 6) is -0.177. The number of rotatable bonds is 7. The summed E-state index contributed by atoms with van der Waals surface area (Å²) >= 11 is 1.53. The summed E-state index contributed by atoms with van der Waals surface area (Å²) < 4.78 is 34.9. The molecule has 1 fully saturated rings. The Hall–Kier alpha value is -2.79. The van der Waals surface area contributed by atoms with Crippen LogP contribution in [0.25, 0.3) is 5.69 Å². The smallest absolute Gasteiger partial charge is 0.245 e. The van der Waals surface area contributed by atoms with Crippen LogP contribution < -0.4 is 5.43 Å². The van der Waals surface area contributed by atoms with E-state index in [-0.39, 0.29) is 10.8 Å². The van der Waals surface area contributed by atoms with Crippen molar-refractivity contribution in [2.75, 3.05) is 26.3 Å². The number of amides is 1. The zero-order valence-corrected chi connectivity index (χ0v) is 20.2. The highest BCUT2D eigenvalue weighted by molar-refractivity contribution is 7.89. The van der Waals surface area contributed by atoms with Crippen LogP contribution in [0.2, 0.25) is 0 Å². The van der Waals surface area contributed by atoms with Crippen molar-refractivity contribution in [3.8, 4) is 5.69 Å². The van der Waals surface area contributed by atoms with Crippen LogP contribution >= 0.6 is 11.3 Å². The number of morpholine rings is 1. The molecule has 0 radical (unpaired) electrons. The van der Waals surface area contributed by atoms with E-state index in [1.165, 1.54) is 15.6 Å². The number of ether oxygens (including phenoxy) is 1. The van der Waals surface area contributed by atoms with E-state index in [1.807, 2.05) is 48.1 Å². The van der Waals surface area contributed by atoms with Gasteiger partial charge in [0.1, 0.15) is 0 Å². The zero-order chi connectivity index (χ0) is 23.4. The van der Waals surface area contributed by atoms with Crippen LogP contribution in [0.1, 0.15) is 21.8 Å². The van der Waals surface area contributed by atoms with Crippen molar-refractivity contribution < 1.29 is 17.9 Å². The Bertz CT molecular complexity index is 1260. The Morgan fingerprint density at radius 2 is 1.97 bits per heavy atom. The Balaban J connectivity index is 1.53. The normalized spacial score (nSPS) is 15.2. The Labute approximate surface area is 197 Å². The van der Waals surface area contributed by atoms with Gasteiger partial charge in [0.2, 0.25) is 15.9 Å². The minimum atomic E-state index is -3.59. The molecule has 174 valence electrons. The molecule has 33 heavy (non-hydrogen) atoms. The molecule has 0 aliphatic carbocycles. The molecule has 3 heterocycles. The predicted molar refractivity (Wildman–Crippen MR) is 129 cm³/mol. The van der Waals surface area contributed by atoms with Gasteiger partial charge in [0.25, 0.3) is 0 Å². The van der Waals surface area contributed by atoms with Crippen molar-refractivity contribution in [2.45, 2.75) is 25.2 Å². The van der Waals surface area contributed by atoms with E-state index in [1.54, 1.807) is 24.4 Å². The Kier molecular flexibility index (Phi) is 7.08. The van der Waals surface area contributed by atoms with E-state index >= 15 is 0 Å². The van der Waals surface area contributed by atoms with Gasteiger partial charge in [-0.1, -0.05) is 12.1 Å². The van der Waals surface area contributed by atoms with E-state index in [0.29, 0.717) is 32.7 Å². The lowest BCUT2D eigenvalue weighted by atomic mass is 10.2. The number of sulfonamides is 1. The molecule has 8 nitrogen and oxygen atoms in total. The topological polar surface area (TPSA) is 93.0 Å². The lowest BCUT2D eigenvalue weighted by molar-refractivity contribution is -0.120. The lowest BCUT2D eigenvalue weighted by Gasteiger charge is -2.26. The fraction of sp³-hybridized carbons (Fsp3) is 0.304. The third-order valence-electron chi connectivity index (χ3n) is 5.46. The number of aromatic nitrogens is 1. The summed E-state index contributed by atoms with van der Waals surface area (Å²) in [6.07, 6.45) is 1.90. The summed E-state index contributed by atoms with van der Waals surface area (Å²) in [6.45, 7) is 5.40. The maximum absolute atomic E-state index is 13.1. The second-order valence-corrected chi connectivity index (χ2v) is 10.7. The molecule has 1 aromatic carbocycles. The Morgan fingerprint density at radius 1 is 1.18 bits per heavy atom. The maximum Gasteiger partial charge on any atom is 0.245 e. The number of benzene rings is 1. The molecule has 1 aliphatic heterocycles. The second kappa shape index (κ2) is 10.0. The molecule has 2 aromatic heterocycles. The molecule has 0 saturated carbocycles. The van der Waals surface area contributed by atoms with Crippen molar-refractivity contribution in [3.63, 3.8) is 0 Å². The van der Waals surface area contributed by atoms with Crippen molar-refractivity contribution in [3.05, 3.63) is 69.7 Å². The highest BCUT2D eigenvalue weighted by Crippen LogP contribution is 2.24. The molecule has 1 aliphatic rings. The first kappa shape index (κ1) is 23.4. The molecule has 1 saturated heterocycles. The van der Waals surface area contributed by atoms with Gasteiger partial charge in [-0.05, 0) is 49.6 Å². The van der Waals surface area contributed by atoms with E-state index < -0.39 is 10.0 Å². The van der Waals surface area contributed by atoms with Gasteiger partial charge in [0.15, 0.2) is 0 Å². The van der Waals surface area contributed by atoms with Crippen LogP contribution in [0.5, 0.6) is 0 Å². The van der Waals surface area contributed by atoms with Crippen molar-refractivity contribution >= 4 is 33.5 Å². The lowest BCUT2D eigenvalue weighted by Crippen LogP contribution is -2.40. The summed E-state index contributed by atoms with van der Waals surface area (Å²) in [7, 11) is -3.59. The molecular weight excluding hydrogens is 460 g/mol. The van der Waals surface area contributed by atoms with Crippen molar-refractivity contribution in [2.24, 2.45) is 5.10 Å². The monoisotopic (exact) mass is 486 g/mol. The van der Waals surface area contributed by atoms with Crippen LogP contribution in [0, 0.1) is 13.8 Å². The average molecular weight is 487 g/mol. The highest BCUT2D eigenvalue weighted by atomic mass is 32.2. The summed E-state index contributed by atoms with van der Waals surface area (Å²) in [4.78, 5) is 13.3. The third-order valence-corrected chi connectivity index (χ3v) is 8.23. The zero-order valence-electron chi connectivity index (χ0n) is 18.5. The van der Waals surface area contributed by atoms with E-state index in [4.69, 9.17) is 4.74 Å². The standard InChI is InChI=1S/C23H26N4O4S2/c1-17-13-19(16-24-25-23(28)15-21-6-4-12-32-21)18(2)27(17)20-5-3-7-22(14-20)33(29,30)26-8-10-31-11-9-26/h3-7,12-14,16H,8-11,15H2,1-2H3,(H,25,28)/b24-16+. The van der Waals surface area contributed by atoms with E-state index in [0.717, 1.165) is 27.5 Å². The number of carbonyl (C=O) groups is 1. The number of nitrogens with zero attached hydrogens (tertiary/aromatic N) is 3. The largest absolute Gasteiger partial charge is 0.379 e. The van der Waals surface area contributed by atoms with Crippen molar-refractivity contribution in [1.82, 2.24) is 14.3 Å². The predicted octanol–water partition coefficient (Wildman–Crippen LogP) is 2.87. The second-order valence-electron chi connectivity index (χ2n) is 7.73. The molecule has 0 atom stereocenters. The average Bonchev–Trinajstić information content (AvgIpc) is 3.41. The first-order chi connectivity index (χ1) is 15.9. The molecule has 4 rings (SSSR count). The molecule has 3 aromatic rings. The van der Waals surface area contributed by atoms with E-state index in [2.05, 4.69) is 10.5 Å². The summed E-state index contributed by atoms with van der Waals surface area (Å²) in [5, 5.41) is 6.03. The molecule has 0 spiro atoms. The van der Waals surface area contributed by atoms with Crippen LogP contribution in [0.15, 0.2) is 57.8 Å². The van der Waals surface area contributed by atoms with Crippen LogP contribution in [-0.4, -0.2) is 55.7 Å². The summed E-state index contributed by atoms with van der Waals surface area (Å²) in [6, 6.07) is 12.7. The number of thiophene rings is 1. The minimum Gasteiger partial charge on any atom is -0.379 e. The van der Waals surface area contributed by atoms with Gasteiger partial charge in [0, 0.05) is 40.6 Å². The number of hydrogen-bond acceptors (Lipinski definition) is 6. The van der Waals surface area contributed by atoms with Crippen LogP contribution in [-0.2, 0) is 26.0 Å². The number of hydrogen-bond donors (Lipinski definition) is 1. The van der Waals surface area contributed by atoms with Crippen LogP contribution in [0.3, 0.4) is 0 Å². The third kappa shape index (κ3) is 5.25. The molecule has 0 unspecified atom stereocenters. The molecule has 1 N–H and O–H groups in total. The quantitative estimate of drug-likeness (QED) is 0.411. The number of hydrazone groups is 1. The van der Waals surface area contributed by atoms with Gasteiger partial charge in [-0.3, -0.25) is 4.79 Å². The fourth-order valence-electron chi connectivity index (χ4n) is 3.82.